The lowest BCUT2D eigenvalue weighted by Gasteiger charge is -2.45. The summed E-state index contributed by atoms with van der Waals surface area (Å²) in [5, 5.41) is 2.19. The summed E-state index contributed by atoms with van der Waals surface area (Å²) in [6.45, 7) is 9.14. The maximum absolute atomic E-state index is 13.4. The van der Waals surface area contributed by atoms with E-state index in [4.69, 9.17) is 9.72 Å². The third kappa shape index (κ3) is 4.89. The zero-order chi connectivity index (χ0) is 23.2. The van der Waals surface area contributed by atoms with E-state index in [1.165, 1.54) is 25.7 Å². The normalized spacial score (nSPS) is 23.9. The van der Waals surface area contributed by atoms with Crippen LogP contribution in [0.3, 0.4) is 0 Å². The van der Waals surface area contributed by atoms with Crippen molar-refractivity contribution in [2.24, 2.45) is 5.92 Å². The lowest BCUT2D eigenvalue weighted by Crippen LogP contribution is -2.52. The third-order valence-corrected chi connectivity index (χ3v) is 10.2. The Kier molecular flexibility index (Phi) is 6.61. The molecule has 3 aliphatic rings. The number of rotatable bonds is 8. The molecule has 33 heavy (non-hydrogen) atoms. The van der Waals surface area contributed by atoms with Gasteiger partial charge >= 0.3 is 0 Å². The van der Waals surface area contributed by atoms with Crippen LogP contribution in [0.5, 0.6) is 0 Å². The van der Waals surface area contributed by atoms with Crippen molar-refractivity contribution < 1.29 is 9.53 Å². The molecule has 3 heterocycles. The fourth-order valence-corrected chi connectivity index (χ4v) is 6.67. The minimum absolute atomic E-state index is 0.159. The first-order valence-corrected chi connectivity index (χ1v) is 17.4. The maximum Gasteiger partial charge on any atom is 0.259 e. The average molecular weight is 534 g/mol. The van der Waals surface area contributed by atoms with Crippen molar-refractivity contribution in [1.82, 2.24) is 14.5 Å². The molecule has 1 aliphatic heterocycles. The summed E-state index contributed by atoms with van der Waals surface area (Å²) in [4.78, 5) is 22.8. The number of pyridine rings is 1. The number of hydrogen-bond acceptors (Lipinski definition) is 4. The van der Waals surface area contributed by atoms with Crippen LogP contribution in [0, 0.1) is 5.92 Å². The van der Waals surface area contributed by atoms with Crippen LogP contribution in [0.1, 0.15) is 48.9 Å². The molecule has 2 fully saturated rings. The van der Waals surface area contributed by atoms with Gasteiger partial charge in [0.2, 0.25) is 0 Å². The van der Waals surface area contributed by atoms with Gasteiger partial charge < -0.3 is 19.1 Å². The van der Waals surface area contributed by atoms with E-state index in [0.29, 0.717) is 18.8 Å². The van der Waals surface area contributed by atoms with Crippen LogP contribution in [0.2, 0.25) is 25.7 Å². The Bertz CT molecular complexity index is 1010. The summed E-state index contributed by atoms with van der Waals surface area (Å²) < 4.78 is 8.11. The highest BCUT2D eigenvalue weighted by Crippen LogP contribution is 2.42. The standard InChI is InChI=1S/C25H37BrN4O2Si/c1-33(2,3)13-12-32-17-28-11-10-21-23-22(15-27-24(21)28)25(31)30(20-8-9-20)16-29(23)19-6-4-18(14-26)5-7-19/h10-11,15,18-20H,4-9,12-14,16-17H2,1-3H3. The summed E-state index contributed by atoms with van der Waals surface area (Å²) in [6, 6.07) is 4.19. The molecule has 2 aromatic rings. The number of alkyl halides is 1. The van der Waals surface area contributed by atoms with Gasteiger partial charge in [-0.3, -0.25) is 4.79 Å². The molecule has 0 radical (unpaired) electrons. The van der Waals surface area contributed by atoms with Gasteiger partial charge in [-0.2, -0.15) is 0 Å². The second-order valence-corrected chi connectivity index (χ2v) is 17.6. The fourth-order valence-electron chi connectivity index (χ4n) is 5.27. The highest BCUT2D eigenvalue weighted by molar-refractivity contribution is 9.09. The van der Waals surface area contributed by atoms with Gasteiger partial charge in [0.05, 0.1) is 17.9 Å². The summed E-state index contributed by atoms with van der Waals surface area (Å²) in [6.07, 6.45) is 11.0. The van der Waals surface area contributed by atoms with Gasteiger partial charge in [-0.15, -0.1) is 0 Å². The number of aromatic nitrogens is 2. The Morgan fingerprint density at radius 2 is 1.79 bits per heavy atom. The van der Waals surface area contributed by atoms with E-state index < -0.39 is 8.07 Å². The van der Waals surface area contributed by atoms with Crippen LogP contribution >= 0.6 is 15.9 Å². The highest BCUT2D eigenvalue weighted by atomic mass is 79.9. The number of amides is 1. The van der Waals surface area contributed by atoms with Crippen LogP contribution < -0.4 is 4.90 Å². The molecule has 1 amide bonds. The Morgan fingerprint density at radius 1 is 1.09 bits per heavy atom. The first-order chi connectivity index (χ1) is 15.9. The van der Waals surface area contributed by atoms with Crippen LogP contribution in [-0.4, -0.2) is 59.1 Å². The summed E-state index contributed by atoms with van der Waals surface area (Å²) >= 11 is 3.68. The van der Waals surface area contributed by atoms with Crippen LogP contribution in [0.15, 0.2) is 18.5 Å². The van der Waals surface area contributed by atoms with Crippen molar-refractivity contribution in [3.8, 4) is 0 Å². The van der Waals surface area contributed by atoms with Gasteiger partial charge in [0, 0.05) is 49.9 Å². The quantitative estimate of drug-likeness (QED) is 0.249. The zero-order valence-electron chi connectivity index (χ0n) is 20.2. The lowest BCUT2D eigenvalue weighted by molar-refractivity contribution is 0.0719. The number of anilines is 1. The van der Waals surface area contributed by atoms with Gasteiger partial charge in [0.15, 0.2) is 0 Å². The monoisotopic (exact) mass is 532 g/mol. The van der Waals surface area contributed by atoms with E-state index in [9.17, 15) is 4.79 Å². The van der Waals surface area contributed by atoms with Crippen molar-refractivity contribution in [2.45, 2.75) is 83.0 Å². The topological polar surface area (TPSA) is 50.6 Å². The van der Waals surface area contributed by atoms with Gasteiger partial charge in [-0.25, -0.2) is 4.98 Å². The number of carbonyl (C=O) groups excluding carboxylic acids is 1. The molecule has 2 saturated carbocycles. The molecule has 0 unspecified atom stereocenters. The van der Waals surface area contributed by atoms with Crippen LogP contribution in [0.25, 0.3) is 11.0 Å². The van der Waals surface area contributed by atoms with Gasteiger partial charge in [-0.1, -0.05) is 35.6 Å². The minimum Gasteiger partial charge on any atom is -0.361 e. The third-order valence-electron chi connectivity index (χ3n) is 7.53. The van der Waals surface area contributed by atoms with E-state index in [0.717, 1.165) is 65.7 Å². The minimum atomic E-state index is -1.11. The largest absolute Gasteiger partial charge is 0.361 e. The van der Waals surface area contributed by atoms with Crippen molar-refractivity contribution >= 4 is 46.6 Å². The second-order valence-electron chi connectivity index (χ2n) is 11.3. The highest BCUT2D eigenvalue weighted by Gasteiger charge is 2.42. The summed E-state index contributed by atoms with van der Waals surface area (Å²) in [5.41, 5.74) is 2.80. The number of nitrogens with zero attached hydrogens (tertiary/aromatic N) is 4. The maximum atomic E-state index is 13.4. The van der Waals surface area contributed by atoms with E-state index in [-0.39, 0.29) is 5.91 Å². The predicted octanol–water partition coefficient (Wildman–Crippen LogP) is 5.68. The number of halogens is 1. The molecular formula is C25H37BrN4O2Si. The van der Waals surface area contributed by atoms with Crippen molar-refractivity contribution in [2.75, 3.05) is 23.5 Å². The van der Waals surface area contributed by atoms with E-state index >= 15 is 0 Å². The van der Waals surface area contributed by atoms with E-state index in [2.05, 4.69) is 62.2 Å². The lowest BCUT2D eigenvalue weighted by atomic mass is 9.86. The SMILES string of the molecule is C[Si](C)(C)CCOCn1ccc2c3c(cnc21)C(=O)N(C1CC1)CN3C1CCC(CBr)CC1. The summed E-state index contributed by atoms with van der Waals surface area (Å²) in [5.74, 6) is 0.935. The molecular weight excluding hydrogens is 496 g/mol. The zero-order valence-corrected chi connectivity index (χ0v) is 22.8. The number of hydrogen-bond donors (Lipinski definition) is 0. The van der Waals surface area contributed by atoms with Crippen LogP contribution in [-0.2, 0) is 11.5 Å². The van der Waals surface area contributed by atoms with Gasteiger partial charge in [0.1, 0.15) is 12.4 Å². The number of ether oxygens (including phenoxy) is 1. The van der Waals surface area contributed by atoms with Crippen molar-refractivity contribution in [3.63, 3.8) is 0 Å². The Balaban J connectivity index is 1.44. The van der Waals surface area contributed by atoms with E-state index in [1.54, 1.807) is 0 Å². The Hall–Kier alpha value is -1.38. The summed E-state index contributed by atoms with van der Waals surface area (Å²) in [7, 11) is -1.11. The van der Waals surface area contributed by atoms with Crippen molar-refractivity contribution in [3.05, 3.63) is 24.0 Å². The molecule has 5 rings (SSSR count). The van der Waals surface area contributed by atoms with E-state index in [1.807, 2.05) is 6.20 Å². The first kappa shape index (κ1) is 23.4. The molecule has 2 aromatic heterocycles. The number of fused-ring (bicyclic) bond motifs is 3. The van der Waals surface area contributed by atoms with Gasteiger partial charge in [-0.05, 0) is 56.6 Å². The molecule has 0 atom stereocenters. The molecule has 0 aromatic carbocycles. The molecule has 0 spiro atoms. The average Bonchev–Trinajstić information content (AvgIpc) is 3.56. The number of carbonyl (C=O) groups is 1. The van der Waals surface area contributed by atoms with Crippen LogP contribution in [0.4, 0.5) is 5.69 Å². The Labute approximate surface area is 206 Å². The van der Waals surface area contributed by atoms with Crippen molar-refractivity contribution in [1.29, 1.82) is 0 Å². The predicted molar refractivity (Wildman–Crippen MR) is 140 cm³/mol. The fraction of sp³-hybridized carbons (Fsp3) is 0.680. The van der Waals surface area contributed by atoms with Gasteiger partial charge in [0.25, 0.3) is 5.91 Å². The molecule has 6 nitrogen and oxygen atoms in total. The smallest absolute Gasteiger partial charge is 0.259 e. The Morgan fingerprint density at radius 3 is 2.45 bits per heavy atom. The second kappa shape index (κ2) is 9.34. The molecule has 8 heteroatoms. The molecule has 2 aliphatic carbocycles. The molecule has 0 N–H and O–H groups in total. The molecule has 0 bridgehead atoms. The first-order valence-electron chi connectivity index (χ1n) is 12.5. The molecule has 0 saturated heterocycles. The molecule has 180 valence electrons.